The normalized spacial score (nSPS) is 11.0. The number of aryl methyl sites for hydroxylation is 2. The Morgan fingerprint density at radius 1 is 0.667 bits per heavy atom. The van der Waals surface area contributed by atoms with E-state index in [0.29, 0.717) is 6.04 Å². The van der Waals surface area contributed by atoms with Crippen LogP contribution >= 0.6 is 0 Å². The standard InChI is InChI=1S/C24H29N3/c1-2-8-23(9-3-1)20-27-24(14-4-10-21-12-6-16-25-18-21)15-5-11-22-13-7-17-26-19-22/h1-3,6-9,12-13,16-19,24,27H,4-5,10-11,14-15,20H2. The lowest BCUT2D eigenvalue weighted by Gasteiger charge is -2.19. The summed E-state index contributed by atoms with van der Waals surface area (Å²) in [6, 6.07) is 19.6. The zero-order valence-corrected chi connectivity index (χ0v) is 15.9. The second kappa shape index (κ2) is 11.2. The van der Waals surface area contributed by atoms with Crippen molar-refractivity contribution in [2.75, 3.05) is 0 Å². The molecule has 2 aromatic heterocycles. The van der Waals surface area contributed by atoms with Gasteiger partial charge in [0.1, 0.15) is 0 Å². The first-order chi connectivity index (χ1) is 13.4. The third-order valence-corrected chi connectivity index (χ3v) is 4.92. The number of nitrogens with zero attached hydrogens (tertiary/aromatic N) is 2. The predicted octanol–water partition coefficient (Wildman–Crippen LogP) is 4.98. The molecule has 0 fully saturated rings. The number of hydrogen-bond acceptors (Lipinski definition) is 3. The Bertz CT molecular complexity index is 699. The van der Waals surface area contributed by atoms with Gasteiger partial charge in [-0.25, -0.2) is 0 Å². The van der Waals surface area contributed by atoms with Crippen LogP contribution in [0, 0.1) is 0 Å². The van der Waals surface area contributed by atoms with Gasteiger partial charge in [0, 0.05) is 37.4 Å². The fourth-order valence-electron chi connectivity index (χ4n) is 3.40. The van der Waals surface area contributed by atoms with E-state index >= 15 is 0 Å². The molecule has 0 saturated heterocycles. The lowest BCUT2D eigenvalue weighted by Crippen LogP contribution is -2.29. The Balaban J connectivity index is 1.47. The molecule has 0 unspecified atom stereocenters. The first-order valence-electron chi connectivity index (χ1n) is 9.95. The molecule has 140 valence electrons. The van der Waals surface area contributed by atoms with Crippen molar-refractivity contribution in [3.8, 4) is 0 Å². The van der Waals surface area contributed by atoms with Crippen LogP contribution in [0.5, 0.6) is 0 Å². The molecule has 3 aromatic rings. The Labute approximate surface area is 162 Å². The third-order valence-electron chi connectivity index (χ3n) is 4.92. The van der Waals surface area contributed by atoms with Gasteiger partial charge in [0.25, 0.3) is 0 Å². The maximum absolute atomic E-state index is 4.22. The van der Waals surface area contributed by atoms with E-state index in [-0.39, 0.29) is 0 Å². The molecule has 27 heavy (non-hydrogen) atoms. The summed E-state index contributed by atoms with van der Waals surface area (Å²) in [5.41, 5.74) is 4.01. The van der Waals surface area contributed by atoms with Crippen molar-refractivity contribution in [1.82, 2.24) is 15.3 Å². The summed E-state index contributed by atoms with van der Waals surface area (Å²) in [6.45, 7) is 0.936. The second-order valence-corrected chi connectivity index (χ2v) is 7.07. The van der Waals surface area contributed by atoms with Crippen LogP contribution in [0.3, 0.4) is 0 Å². The number of nitrogens with one attached hydrogen (secondary N) is 1. The zero-order valence-electron chi connectivity index (χ0n) is 15.9. The lowest BCUT2D eigenvalue weighted by atomic mass is 9.99. The van der Waals surface area contributed by atoms with E-state index < -0.39 is 0 Å². The maximum Gasteiger partial charge on any atom is 0.0299 e. The van der Waals surface area contributed by atoms with Crippen molar-refractivity contribution in [2.24, 2.45) is 0 Å². The van der Waals surface area contributed by atoms with Crippen LogP contribution in [0.4, 0.5) is 0 Å². The number of pyridine rings is 2. The van der Waals surface area contributed by atoms with E-state index in [1.807, 2.05) is 36.9 Å². The molecule has 1 N–H and O–H groups in total. The van der Waals surface area contributed by atoms with E-state index in [2.05, 4.69) is 57.7 Å². The molecule has 3 nitrogen and oxygen atoms in total. The molecule has 0 saturated carbocycles. The molecule has 0 aliphatic heterocycles. The van der Waals surface area contributed by atoms with Gasteiger partial charge in [-0.05, 0) is 67.3 Å². The predicted molar refractivity (Wildman–Crippen MR) is 111 cm³/mol. The summed E-state index contributed by atoms with van der Waals surface area (Å²) in [5, 5.41) is 3.78. The third kappa shape index (κ3) is 7.32. The molecule has 0 radical (unpaired) electrons. The first-order valence-corrected chi connectivity index (χ1v) is 9.95. The Morgan fingerprint density at radius 3 is 1.74 bits per heavy atom. The topological polar surface area (TPSA) is 37.8 Å². The van der Waals surface area contributed by atoms with Gasteiger partial charge in [-0.3, -0.25) is 9.97 Å². The van der Waals surface area contributed by atoms with Gasteiger partial charge in [-0.1, -0.05) is 42.5 Å². The van der Waals surface area contributed by atoms with E-state index in [1.54, 1.807) is 0 Å². The monoisotopic (exact) mass is 359 g/mol. The summed E-state index contributed by atoms with van der Waals surface area (Å²) in [6.07, 6.45) is 14.6. The molecule has 0 spiro atoms. The highest BCUT2D eigenvalue weighted by molar-refractivity contribution is 5.14. The van der Waals surface area contributed by atoms with Crippen LogP contribution in [0.1, 0.15) is 42.4 Å². The summed E-state index contributed by atoms with van der Waals surface area (Å²) in [7, 11) is 0. The highest BCUT2D eigenvalue weighted by atomic mass is 14.9. The SMILES string of the molecule is c1ccc(CNC(CCCc2cccnc2)CCCc2cccnc2)cc1. The van der Waals surface area contributed by atoms with Crippen LogP contribution in [0.15, 0.2) is 79.4 Å². The number of rotatable bonds is 11. The van der Waals surface area contributed by atoms with Crippen molar-refractivity contribution >= 4 is 0 Å². The van der Waals surface area contributed by atoms with Crippen molar-refractivity contribution < 1.29 is 0 Å². The van der Waals surface area contributed by atoms with Crippen molar-refractivity contribution in [3.63, 3.8) is 0 Å². The largest absolute Gasteiger partial charge is 0.310 e. The number of aromatic nitrogens is 2. The molecule has 0 bridgehead atoms. The molecule has 0 aliphatic carbocycles. The Morgan fingerprint density at radius 2 is 1.22 bits per heavy atom. The first kappa shape index (κ1) is 19.2. The molecular weight excluding hydrogens is 330 g/mol. The minimum atomic E-state index is 0.540. The molecule has 3 rings (SSSR count). The number of hydrogen-bond donors (Lipinski definition) is 1. The summed E-state index contributed by atoms with van der Waals surface area (Å²) in [4.78, 5) is 8.44. The average molecular weight is 360 g/mol. The van der Waals surface area contributed by atoms with Gasteiger partial charge in [0.2, 0.25) is 0 Å². The highest BCUT2D eigenvalue weighted by Crippen LogP contribution is 2.13. The molecular formula is C24H29N3. The lowest BCUT2D eigenvalue weighted by molar-refractivity contribution is 0.429. The molecule has 1 aromatic carbocycles. The molecule has 0 aliphatic rings. The van der Waals surface area contributed by atoms with Gasteiger partial charge >= 0.3 is 0 Å². The maximum atomic E-state index is 4.22. The van der Waals surface area contributed by atoms with Crippen LogP contribution in [0.2, 0.25) is 0 Å². The molecule has 2 heterocycles. The molecule has 0 amide bonds. The molecule has 3 heteroatoms. The van der Waals surface area contributed by atoms with Gasteiger partial charge in [0.05, 0.1) is 0 Å². The number of benzene rings is 1. The highest BCUT2D eigenvalue weighted by Gasteiger charge is 2.09. The van der Waals surface area contributed by atoms with Crippen molar-refractivity contribution in [3.05, 3.63) is 96.1 Å². The summed E-state index contributed by atoms with van der Waals surface area (Å²) >= 11 is 0. The Hall–Kier alpha value is -2.52. The van der Waals surface area contributed by atoms with Gasteiger partial charge in [-0.2, -0.15) is 0 Å². The quantitative estimate of drug-likeness (QED) is 0.525. The van der Waals surface area contributed by atoms with Crippen LogP contribution < -0.4 is 5.32 Å². The molecule has 0 atom stereocenters. The summed E-state index contributed by atoms with van der Waals surface area (Å²) < 4.78 is 0. The van der Waals surface area contributed by atoms with Crippen LogP contribution in [-0.2, 0) is 19.4 Å². The fraction of sp³-hybridized carbons (Fsp3) is 0.333. The van der Waals surface area contributed by atoms with E-state index in [4.69, 9.17) is 0 Å². The minimum absolute atomic E-state index is 0.540. The van der Waals surface area contributed by atoms with E-state index in [1.165, 1.54) is 42.4 Å². The Kier molecular flexibility index (Phi) is 8.02. The average Bonchev–Trinajstić information content (AvgIpc) is 2.74. The van der Waals surface area contributed by atoms with Gasteiger partial charge < -0.3 is 5.32 Å². The second-order valence-electron chi connectivity index (χ2n) is 7.07. The van der Waals surface area contributed by atoms with Crippen LogP contribution in [0.25, 0.3) is 0 Å². The fourth-order valence-corrected chi connectivity index (χ4v) is 3.40. The van der Waals surface area contributed by atoms with Crippen LogP contribution in [-0.4, -0.2) is 16.0 Å². The van der Waals surface area contributed by atoms with E-state index in [0.717, 1.165) is 19.4 Å². The zero-order chi connectivity index (χ0) is 18.6. The van der Waals surface area contributed by atoms with Crippen molar-refractivity contribution in [1.29, 1.82) is 0 Å². The van der Waals surface area contributed by atoms with Gasteiger partial charge in [-0.15, -0.1) is 0 Å². The smallest absolute Gasteiger partial charge is 0.0299 e. The van der Waals surface area contributed by atoms with Gasteiger partial charge in [0.15, 0.2) is 0 Å². The summed E-state index contributed by atoms with van der Waals surface area (Å²) in [5.74, 6) is 0. The van der Waals surface area contributed by atoms with E-state index in [9.17, 15) is 0 Å². The van der Waals surface area contributed by atoms with Crippen molar-refractivity contribution in [2.45, 2.75) is 51.1 Å². The minimum Gasteiger partial charge on any atom is -0.310 e.